The van der Waals surface area contributed by atoms with Crippen LogP contribution in [0, 0.1) is 0 Å². The van der Waals surface area contributed by atoms with Gasteiger partial charge in [-0.25, -0.2) is 0 Å². The third kappa shape index (κ3) is 4.00. The second-order valence-corrected chi connectivity index (χ2v) is 6.47. The van der Waals surface area contributed by atoms with E-state index in [1.165, 1.54) is 0 Å². The molecule has 0 aromatic heterocycles. The summed E-state index contributed by atoms with van der Waals surface area (Å²) in [7, 11) is 1.58. The number of ketones is 1. The molecule has 22 heavy (non-hydrogen) atoms. The molecule has 0 radical (unpaired) electrons. The van der Waals surface area contributed by atoms with Crippen molar-refractivity contribution in [1.82, 2.24) is 0 Å². The summed E-state index contributed by atoms with van der Waals surface area (Å²) in [6, 6.07) is 11.0. The Hall–Kier alpha value is -1.10. The van der Waals surface area contributed by atoms with Crippen LogP contribution < -0.4 is 4.74 Å². The highest BCUT2D eigenvalue weighted by atomic mass is 79.9. The first-order valence-corrected chi connectivity index (χ1v) is 8.58. The molecule has 0 N–H and O–H groups in total. The molecule has 0 aliphatic heterocycles. The van der Waals surface area contributed by atoms with Crippen LogP contribution in [0.3, 0.4) is 0 Å². The Morgan fingerprint density at radius 2 is 1.91 bits per heavy atom. The van der Waals surface area contributed by atoms with Crippen molar-refractivity contribution < 1.29 is 9.53 Å². The Morgan fingerprint density at radius 3 is 2.50 bits per heavy atom. The Kier molecular flexibility index (Phi) is 6.24. The molecule has 114 valence electrons. The minimum atomic E-state index is -0.0864. The van der Waals surface area contributed by atoms with Crippen molar-refractivity contribution in [1.29, 1.82) is 0 Å². The molecule has 5 heteroatoms. The molecule has 0 saturated carbocycles. The van der Waals surface area contributed by atoms with Gasteiger partial charge in [-0.05, 0) is 42.5 Å². The standard InChI is InChI=1S/C17H13Br2ClO2/c1-22-17-8-5-11(9-12(17)10-20)16(21)7-6-13-14(18)3-2-4-15(13)19/h2-9H,10H2,1H3/b7-6+. The molecule has 0 aliphatic rings. The molecule has 0 spiro atoms. The molecule has 0 atom stereocenters. The summed E-state index contributed by atoms with van der Waals surface area (Å²) in [6.45, 7) is 0. The second-order valence-electron chi connectivity index (χ2n) is 4.49. The van der Waals surface area contributed by atoms with E-state index in [1.54, 1.807) is 37.5 Å². The predicted molar refractivity (Wildman–Crippen MR) is 97.8 cm³/mol. The van der Waals surface area contributed by atoms with E-state index < -0.39 is 0 Å². The van der Waals surface area contributed by atoms with E-state index in [2.05, 4.69) is 31.9 Å². The third-order valence-electron chi connectivity index (χ3n) is 3.11. The molecule has 0 amide bonds. The fourth-order valence-corrected chi connectivity index (χ4v) is 3.43. The summed E-state index contributed by atoms with van der Waals surface area (Å²) in [4.78, 5) is 12.3. The smallest absolute Gasteiger partial charge is 0.185 e. The van der Waals surface area contributed by atoms with E-state index >= 15 is 0 Å². The number of methoxy groups -OCH3 is 1. The average Bonchev–Trinajstić information content (AvgIpc) is 2.53. The Labute approximate surface area is 151 Å². The van der Waals surface area contributed by atoms with Gasteiger partial charge in [0.1, 0.15) is 5.75 Å². The minimum Gasteiger partial charge on any atom is -0.496 e. The van der Waals surface area contributed by atoms with Crippen LogP contribution in [0.5, 0.6) is 5.75 Å². The van der Waals surface area contributed by atoms with Crippen LogP contribution in [0.25, 0.3) is 6.08 Å². The third-order valence-corrected chi connectivity index (χ3v) is 4.78. The van der Waals surface area contributed by atoms with Gasteiger partial charge in [-0.15, -0.1) is 11.6 Å². The van der Waals surface area contributed by atoms with Gasteiger partial charge < -0.3 is 4.74 Å². The van der Waals surface area contributed by atoms with Gasteiger partial charge in [-0.1, -0.05) is 37.9 Å². The lowest BCUT2D eigenvalue weighted by Gasteiger charge is -2.07. The van der Waals surface area contributed by atoms with E-state index in [9.17, 15) is 4.79 Å². The van der Waals surface area contributed by atoms with E-state index in [0.29, 0.717) is 17.2 Å². The van der Waals surface area contributed by atoms with Crippen LogP contribution in [0.4, 0.5) is 0 Å². The number of rotatable bonds is 5. The summed E-state index contributed by atoms with van der Waals surface area (Å²) in [5.41, 5.74) is 2.29. The van der Waals surface area contributed by atoms with Crippen molar-refractivity contribution in [2.75, 3.05) is 7.11 Å². The predicted octanol–water partition coefficient (Wildman–Crippen LogP) is 5.86. The number of benzene rings is 2. The van der Waals surface area contributed by atoms with Gasteiger partial charge in [0.05, 0.1) is 13.0 Å². The van der Waals surface area contributed by atoms with Crippen molar-refractivity contribution in [2.45, 2.75) is 5.88 Å². The number of ether oxygens (including phenoxy) is 1. The van der Waals surface area contributed by atoms with E-state index in [-0.39, 0.29) is 5.78 Å². The van der Waals surface area contributed by atoms with Gasteiger partial charge in [-0.3, -0.25) is 4.79 Å². The highest BCUT2D eigenvalue weighted by Gasteiger charge is 2.08. The Morgan fingerprint density at radius 1 is 1.23 bits per heavy atom. The van der Waals surface area contributed by atoms with Crippen LogP contribution in [0.15, 0.2) is 51.4 Å². The summed E-state index contributed by atoms with van der Waals surface area (Å²) >= 11 is 12.8. The molecule has 0 heterocycles. The molecule has 2 nitrogen and oxygen atoms in total. The summed E-state index contributed by atoms with van der Waals surface area (Å²) < 4.78 is 7.04. The number of allylic oxidation sites excluding steroid dienone is 1. The van der Waals surface area contributed by atoms with Crippen molar-refractivity contribution in [2.24, 2.45) is 0 Å². The zero-order valence-electron chi connectivity index (χ0n) is 11.8. The van der Waals surface area contributed by atoms with Gasteiger partial charge in [0.15, 0.2) is 5.78 Å². The normalized spacial score (nSPS) is 10.9. The number of carbonyl (C=O) groups is 1. The lowest BCUT2D eigenvalue weighted by Crippen LogP contribution is -1.98. The van der Waals surface area contributed by atoms with Crippen molar-refractivity contribution >= 4 is 55.3 Å². The first-order chi connectivity index (χ1) is 10.6. The minimum absolute atomic E-state index is 0.0864. The van der Waals surface area contributed by atoms with E-state index in [0.717, 1.165) is 20.1 Å². The van der Waals surface area contributed by atoms with Crippen molar-refractivity contribution in [3.05, 3.63) is 68.1 Å². The van der Waals surface area contributed by atoms with Crippen LogP contribution >= 0.6 is 43.5 Å². The first kappa shape index (κ1) is 17.3. The maximum Gasteiger partial charge on any atom is 0.185 e. The first-order valence-electron chi connectivity index (χ1n) is 6.46. The highest BCUT2D eigenvalue weighted by Crippen LogP contribution is 2.27. The van der Waals surface area contributed by atoms with Crippen LogP contribution in [0.1, 0.15) is 21.5 Å². The number of alkyl halides is 1. The summed E-state index contributed by atoms with van der Waals surface area (Å²) in [5.74, 6) is 0.893. The quantitative estimate of drug-likeness (QED) is 0.328. The monoisotopic (exact) mass is 442 g/mol. The lowest BCUT2D eigenvalue weighted by atomic mass is 10.1. The maximum atomic E-state index is 12.3. The Bertz CT molecular complexity index is 706. The number of carbonyl (C=O) groups excluding carboxylic acids is 1. The molecular weight excluding hydrogens is 431 g/mol. The molecule has 0 bridgehead atoms. The van der Waals surface area contributed by atoms with Crippen molar-refractivity contribution in [3.63, 3.8) is 0 Å². The summed E-state index contributed by atoms with van der Waals surface area (Å²) in [5, 5.41) is 0. The molecule has 0 aliphatic carbocycles. The summed E-state index contributed by atoms with van der Waals surface area (Å²) in [6.07, 6.45) is 3.33. The van der Waals surface area contributed by atoms with Gasteiger partial charge >= 0.3 is 0 Å². The lowest BCUT2D eigenvalue weighted by molar-refractivity contribution is 0.104. The molecule has 0 saturated heterocycles. The van der Waals surface area contributed by atoms with Gasteiger partial charge in [0.2, 0.25) is 0 Å². The van der Waals surface area contributed by atoms with Crippen LogP contribution in [0.2, 0.25) is 0 Å². The Balaban J connectivity index is 2.27. The average molecular weight is 445 g/mol. The van der Waals surface area contributed by atoms with Gasteiger partial charge in [-0.2, -0.15) is 0 Å². The second kappa shape index (κ2) is 7.95. The number of hydrogen-bond acceptors (Lipinski definition) is 2. The SMILES string of the molecule is COc1ccc(C(=O)/C=C/c2c(Br)cccc2Br)cc1CCl. The van der Waals surface area contributed by atoms with Crippen molar-refractivity contribution in [3.8, 4) is 5.75 Å². The van der Waals surface area contributed by atoms with Crippen LogP contribution in [-0.2, 0) is 5.88 Å². The zero-order valence-corrected chi connectivity index (χ0v) is 15.7. The molecular formula is C17H13Br2ClO2. The van der Waals surface area contributed by atoms with E-state index in [4.69, 9.17) is 16.3 Å². The van der Waals surface area contributed by atoms with Gasteiger partial charge in [0.25, 0.3) is 0 Å². The zero-order chi connectivity index (χ0) is 16.1. The van der Waals surface area contributed by atoms with Crippen LogP contribution in [-0.4, -0.2) is 12.9 Å². The topological polar surface area (TPSA) is 26.3 Å². The molecule has 0 unspecified atom stereocenters. The highest BCUT2D eigenvalue weighted by molar-refractivity contribution is 9.11. The molecule has 2 aromatic carbocycles. The maximum absolute atomic E-state index is 12.3. The fourth-order valence-electron chi connectivity index (χ4n) is 1.96. The largest absolute Gasteiger partial charge is 0.496 e. The van der Waals surface area contributed by atoms with E-state index in [1.807, 2.05) is 18.2 Å². The number of halogens is 3. The molecule has 2 rings (SSSR count). The van der Waals surface area contributed by atoms with Gasteiger partial charge in [0, 0.05) is 25.6 Å². The molecule has 2 aromatic rings. The molecule has 0 fully saturated rings. The fraction of sp³-hybridized carbons (Fsp3) is 0.118. The number of hydrogen-bond donors (Lipinski definition) is 0.